The van der Waals surface area contributed by atoms with Crippen LogP contribution >= 0.6 is 0 Å². The number of hydrogen-bond acceptors (Lipinski definition) is 4. The highest BCUT2D eigenvalue weighted by Crippen LogP contribution is 2.01. The van der Waals surface area contributed by atoms with Crippen LogP contribution in [-0.4, -0.2) is 60.3 Å². The van der Waals surface area contributed by atoms with Crippen LogP contribution in [0.15, 0.2) is 0 Å². The molecule has 0 aliphatic carbocycles. The van der Waals surface area contributed by atoms with Crippen molar-refractivity contribution in [3.63, 3.8) is 0 Å². The summed E-state index contributed by atoms with van der Waals surface area (Å²) >= 11 is 0. The summed E-state index contributed by atoms with van der Waals surface area (Å²) in [6.07, 6.45) is 0.920. The van der Waals surface area contributed by atoms with Crippen LogP contribution < -0.4 is 5.43 Å². The van der Waals surface area contributed by atoms with Crippen LogP contribution in [0.1, 0.15) is 19.8 Å². The maximum absolute atomic E-state index is 10.4. The second kappa shape index (κ2) is 6.05. The number of carbonyl (C=O) groups is 1. The third-order valence-corrected chi connectivity index (χ3v) is 2.70. The average molecular weight is 215 g/mol. The first-order chi connectivity index (χ1) is 7.08. The smallest absolute Gasteiger partial charge is 0.303 e. The second-order valence-electron chi connectivity index (χ2n) is 4.25. The summed E-state index contributed by atoms with van der Waals surface area (Å²) in [7, 11) is 2.12. The molecule has 1 fully saturated rings. The van der Waals surface area contributed by atoms with Gasteiger partial charge < -0.3 is 10.0 Å². The Morgan fingerprint density at radius 2 is 2.00 bits per heavy atom. The Balaban J connectivity index is 2.14. The van der Waals surface area contributed by atoms with E-state index in [1.807, 2.05) is 6.92 Å². The third-order valence-electron chi connectivity index (χ3n) is 2.70. The van der Waals surface area contributed by atoms with E-state index >= 15 is 0 Å². The maximum Gasteiger partial charge on any atom is 0.303 e. The maximum atomic E-state index is 10.4. The number of carboxylic acid groups (broad SMARTS) is 1. The predicted molar refractivity (Wildman–Crippen MR) is 58.5 cm³/mol. The lowest BCUT2D eigenvalue weighted by molar-refractivity contribution is -0.137. The molecule has 0 saturated carbocycles. The molecule has 0 aromatic heterocycles. The molecule has 88 valence electrons. The molecule has 2 N–H and O–H groups in total. The molecule has 0 aromatic rings. The van der Waals surface area contributed by atoms with Crippen molar-refractivity contribution in [1.82, 2.24) is 15.3 Å². The van der Waals surface area contributed by atoms with E-state index in [0.717, 1.165) is 26.2 Å². The van der Waals surface area contributed by atoms with E-state index in [4.69, 9.17) is 5.11 Å². The van der Waals surface area contributed by atoms with E-state index in [-0.39, 0.29) is 12.5 Å². The van der Waals surface area contributed by atoms with Gasteiger partial charge in [0.2, 0.25) is 0 Å². The number of hydrogen-bond donors (Lipinski definition) is 2. The van der Waals surface area contributed by atoms with Gasteiger partial charge in [0, 0.05) is 38.6 Å². The number of carboxylic acids is 1. The lowest BCUT2D eigenvalue weighted by atomic mass is 10.2. The molecule has 1 aliphatic rings. The fraction of sp³-hybridized carbons (Fsp3) is 0.900. The molecule has 0 bridgehead atoms. The average Bonchev–Trinajstić information content (AvgIpc) is 2.19. The largest absolute Gasteiger partial charge is 0.481 e. The number of rotatable bonds is 5. The Hall–Kier alpha value is -0.650. The van der Waals surface area contributed by atoms with Crippen molar-refractivity contribution in [1.29, 1.82) is 0 Å². The summed E-state index contributed by atoms with van der Waals surface area (Å²) in [6, 6.07) is 0.240. The van der Waals surface area contributed by atoms with E-state index in [9.17, 15) is 4.79 Å². The fourth-order valence-electron chi connectivity index (χ4n) is 1.65. The predicted octanol–water partition coefficient (Wildman–Crippen LogP) is -0.00830. The first-order valence-electron chi connectivity index (χ1n) is 5.49. The first-order valence-corrected chi connectivity index (χ1v) is 5.49. The van der Waals surface area contributed by atoms with Gasteiger partial charge in [0.1, 0.15) is 0 Å². The number of aliphatic carboxylic acids is 1. The summed E-state index contributed by atoms with van der Waals surface area (Å²) in [4.78, 5) is 12.7. The SMILES string of the molecule is CC(CCC(=O)O)NN1CCN(C)CC1. The van der Waals surface area contributed by atoms with Gasteiger partial charge in [-0.25, -0.2) is 5.01 Å². The van der Waals surface area contributed by atoms with Gasteiger partial charge in [-0.1, -0.05) is 0 Å². The molecular weight excluding hydrogens is 194 g/mol. The number of nitrogens with one attached hydrogen (secondary N) is 1. The lowest BCUT2D eigenvalue weighted by Gasteiger charge is -2.34. The van der Waals surface area contributed by atoms with Crippen molar-refractivity contribution in [2.24, 2.45) is 0 Å². The fourth-order valence-corrected chi connectivity index (χ4v) is 1.65. The number of likely N-dealkylation sites (N-methyl/N-ethyl adjacent to an activating group) is 1. The lowest BCUT2D eigenvalue weighted by Crippen LogP contribution is -2.53. The molecule has 1 rings (SSSR count). The van der Waals surface area contributed by atoms with Gasteiger partial charge in [0.25, 0.3) is 0 Å². The standard InChI is InChI=1S/C10H21N3O2/c1-9(3-4-10(14)15)11-13-7-5-12(2)6-8-13/h9,11H,3-8H2,1-2H3,(H,14,15). The van der Waals surface area contributed by atoms with Crippen molar-refractivity contribution >= 4 is 5.97 Å². The molecule has 1 heterocycles. The van der Waals surface area contributed by atoms with Gasteiger partial charge >= 0.3 is 5.97 Å². The normalized spacial score (nSPS) is 21.5. The van der Waals surface area contributed by atoms with Crippen molar-refractivity contribution in [3.8, 4) is 0 Å². The molecule has 1 unspecified atom stereocenters. The number of nitrogens with zero attached hydrogens (tertiary/aromatic N) is 2. The molecule has 0 amide bonds. The van der Waals surface area contributed by atoms with E-state index in [2.05, 4.69) is 22.4 Å². The molecule has 1 atom stereocenters. The second-order valence-corrected chi connectivity index (χ2v) is 4.25. The molecule has 0 radical (unpaired) electrons. The third kappa shape index (κ3) is 5.11. The van der Waals surface area contributed by atoms with Gasteiger partial charge in [0.15, 0.2) is 0 Å². The van der Waals surface area contributed by atoms with Crippen molar-refractivity contribution in [3.05, 3.63) is 0 Å². The zero-order chi connectivity index (χ0) is 11.3. The minimum Gasteiger partial charge on any atom is -0.481 e. The molecule has 5 nitrogen and oxygen atoms in total. The van der Waals surface area contributed by atoms with Crippen LogP contribution in [-0.2, 0) is 4.79 Å². The van der Waals surface area contributed by atoms with Crippen LogP contribution in [0.4, 0.5) is 0 Å². The summed E-state index contributed by atoms with van der Waals surface area (Å²) < 4.78 is 0. The van der Waals surface area contributed by atoms with Crippen LogP contribution in [0.5, 0.6) is 0 Å². The summed E-state index contributed by atoms with van der Waals surface area (Å²) in [6.45, 7) is 6.18. The van der Waals surface area contributed by atoms with Gasteiger partial charge in [-0.2, -0.15) is 0 Å². The Bertz CT molecular complexity index is 203. The Labute approximate surface area is 91.0 Å². The molecular formula is C10H21N3O2. The monoisotopic (exact) mass is 215 g/mol. The van der Waals surface area contributed by atoms with E-state index < -0.39 is 5.97 Å². The molecule has 0 aromatic carbocycles. The Morgan fingerprint density at radius 1 is 1.40 bits per heavy atom. The number of hydrazine groups is 1. The first kappa shape index (κ1) is 12.4. The van der Waals surface area contributed by atoms with Gasteiger partial charge in [0.05, 0.1) is 0 Å². The molecule has 5 heteroatoms. The Morgan fingerprint density at radius 3 is 2.53 bits per heavy atom. The summed E-state index contributed by atoms with van der Waals surface area (Å²) in [5, 5.41) is 10.7. The van der Waals surface area contributed by atoms with E-state index in [0.29, 0.717) is 6.42 Å². The molecule has 1 aliphatic heterocycles. The van der Waals surface area contributed by atoms with Crippen LogP contribution in [0.2, 0.25) is 0 Å². The number of piperazine rings is 1. The van der Waals surface area contributed by atoms with Gasteiger partial charge in [-0.15, -0.1) is 0 Å². The van der Waals surface area contributed by atoms with Crippen molar-refractivity contribution in [2.75, 3.05) is 33.2 Å². The summed E-state index contributed by atoms with van der Waals surface area (Å²) in [5.74, 6) is -0.720. The molecule has 0 spiro atoms. The van der Waals surface area contributed by atoms with Gasteiger partial charge in [-0.05, 0) is 20.4 Å². The van der Waals surface area contributed by atoms with Crippen molar-refractivity contribution < 1.29 is 9.90 Å². The highest BCUT2D eigenvalue weighted by atomic mass is 16.4. The highest BCUT2D eigenvalue weighted by Gasteiger charge is 2.15. The van der Waals surface area contributed by atoms with Crippen LogP contribution in [0, 0.1) is 0 Å². The topological polar surface area (TPSA) is 55.8 Å². The van der Waals surface area contributed by atoms with Crippen LogP contribution in [0.25, 0.3) is 0 Å². The van der Waals surface area contributed by atoms with E-state index in [1.54, 1.807) is 0 Å². The molecule has 15 heavy (non-hydrogen) atoms. The molecule has 1 saturated heterocycles. The zero-order valence-electron chi connectivity index (χ0n) is 9.57. The minimum absolute atomic E-state index is 0.238. The van der Waals surface area contributed by atoms with Gasteiger partial charge in [-0.3, -0.25) is 10.2 Å². The minimum atomic E-state index is -0.720. The quantitative estimate of drug-likeness (QED) is 0.675. The van der Waals surface area contributed by atoms with Crippen LogP contribution in [0.3, 0.4) is 0 Å². The zero-order valence-corrected chi connectivity index (χ0v) is 9.57. The Kier molecular flexibility index (Phi) is 5.01. The van der Waals surface area contributed by atoms with E-state index in [1.165, 1.54) is 0 Å². The summed E-state index contributed by atoms with van der Waals surface area (Å²) in [5.41, 5.74) is 3.34. The highest BCUT2D eigenvalue weighted by molar-refractivity contribution is 5.66. The van der Waals surface area contributed by atoms with Crippen molar-refractivity contribution in [2.45, 2.75) is 25.8 Å².